The molecule has 0 spiro atoms. The van der Waals surface area contributed by atoms with Crippen LogP contribution in [0.15, 0.2) is 48.9 Å². The van der Waals surface area contributed by atoms with Crippen molar-refractivity contribution in [1.82, 2.24) is 29.6 Å². The molecule has 1 aromatic carbocycles. The second-order valence-corrected chi connectivity index (χ2v) is 10.2. The maximum Gasteiger partial charge on any atom is 0.416 e. The second-order valence-electron chi connectivity index (χ2n) is 10.2. The Morgan fingerprint density at radius 2 is 1.78 bits per heavy atom. The number of halogens is 4. The summed E-state index contributed by atoms with van der Waals surface area (Å²) in [6.45, 7) is 3.14. The largest absolute Gasteiger partial charge is 0.416 e. The first-order chi connectivity index (χ1) is 19.3. The second kappa shape index (κ2) is 10.4. The highest BCUT2D eigenvalue weighted by molar-refractivity contribution is 6.04. The average Bonchev–Trinajstić information content (AvgIpc) is 3.33. The Balaban J connectivity index is 1.42. The van der Waals surface area contributed by atoms with Crippen LogP contribution in [0, 0.1) is 0 Å². The summed E-state index contributed by atoms with van der Waals surface area (Å²) in [5, 5.41) is 7.61. The molecule has 0 radical (unpaired) electrons. The smallest absolute Gasteiger partial charge is 0.383 e. The molecule has 5 rings (SSSR count). The lowest BCUT2D eigenvalue weighted by molar-refractivity contribution is -0.143. The van der Waals surface area contributed by atoms with E-state index in [9.17, 15) is 27.2 Å². The van der Waals surface area contributed by atoms with Crippen molar-refractivity contribution in [2.45, 2.75) is 44.6 Å². The van der Waals surface area contributed by atoms with Crippen molar-refractivity contribution in [3.8, 4) is 11.3 Å². The Hall–Kier alpha value is -4.62. The monoisotopic (exact) mass is 570 g/mol. The highest BCUT2D eigenvalue weighted by Gasteiger charge is 2.36. The highest BCUT2D eigenvalue weighted by Crippen LogP contribution is 2.34. The molecule has 41 heavy (non-hydrogen) atoms. The van der Waals surface area contributed by atoms with Crippen LogP contribution in [0.1, 0.15) is 48.7 Å². The number of hydrogen-bond acceptors (Lipinski definition) is 7. The zero-order chi connectivity index (χ0) is 29.5. The third-order valence-corrected chi connectivity index (χ3v) is 6.81. The van der Waals surface area contributed by atoms with Crippen molar-refractivity contribution in [2.75, 3.05) is 24.1 Å². The van der Waals surface area contributed by atoms with E-state index in [0.717, 1.165) is 18.3 Å². The maximum absolute atomic E-state index is 14.4. The van der Waals surface area contributed by atoms with E-state index in [-0.39, 0.29) is 29.8 Å². The summed E-state index contributed by atoms with van der Waals surface area (Å²) >= 11 is 0. The molecule has 0 aliphatic carbocycles. The minimum atomic E-state index is -4.57. The number of alkyl halides is 4. The number of fused-ring (bicyclic) bond motifs is 1. The fraction of sp³-hybridized carbons (Fsp3) is 0.333. The molecule has 3 N–H and O–H groups in total. The fourth-order valence-corrected chi connectivity index (χ4v) is 4.81. The lowest BCUT2D eigenvalue weighted by Crippen LogP contribution is -2.47. The number of nitrogens with two attached hydrogens (primary N) is 1. The number of amides is 2. The van der Waals surface area contributed by atoms with Gasteiger partial charge in [0.2, 0.25) is 0 Å². The number of rotatable bonds is 5. The van der Waals surface area contributed by atoms with E-state index in [1.54, 1.807) is 16.8 Å². The van der Waals surface area contributed by atoms with Crippen LogP contribution in [-0.2, 0) is 11.0 Å². The predicted molar refractivity (Wildman–Crippen MR) is 142 cm³/mol. The molecular formula is C27H26F4N8O2. The quantitative estimate of drug-likeness (QED) is 0.334. The number of nitrogens with one attached hydrogen (secondary N) is 1. The van der Waals surface area contributed by atoms with Crippen molar-refractivity contribution < 1.29 is 27.2 Å². The van der Waals surface area contributed by atoms with Crippen molar-refractivity contribution >= 4 is 34.5 Å². The number of carbonyl (C=O) groups is 2. The van der Waals surface area contributed by atoms with Gasteiger partial charge in [0.05, 0.1) is 17.0 Å². The van der Waals surface area contributed by atoms with Crippen LogP contribution in [0.2, 0.25) is 0 Å². The highest BCUT2D eigenvalue weighted by atomic mass is 19.4. The number of benzene rings is 1. The summed E-state index contributed by atoms with van der Waals surface area (Å²) in [5.41, 5.74) is 4.92. The van der Waals surface area contributed by atoms with Gasteiger partial charge in [-0.3, -0.25) is 9.59 Å². The number of likely N-dealkylation sites (tertiary alicyclic amines) is 1. The summed E-state index contributed by atoms with van der Waals surface area (Å²) in [6, 6.07) is 7.51. The van der Waals surface area contributed by atoms with E-state index in [1.807, 2.05) is 0 Å². The Kier molecular flexibility index (Phi) is 7.09. The minimum absolute atomic E-state index is 0.177. The first-order valence-corrected chi connectivity index (χ1v) is 12.7. The number of carbonyl (C=O) groups excluding carboxylic acids is 2. The molecule has 4 heterocycles. The molecule has 1 atom stereocenters. The number of nitrogen functional groups attached to an aromatic ring is 1. The SMILES string of the molecule is CC(C)(F)C(=O)N1CCCC(n2nc(-c3ccc(C(=O)Nc4cc(C(F)(F)F)ccn4)cc3)c3c(N)ncnc32)C1. The Labute approximate surface area is 231 Å². The minimum Gasteiger partial charge on any atom is -0.383 e. The number of anilines is 2. The van der Waals surface area contributed by atoms with Crippen LogP contribution >= 0.6 is 0 Å². The van der Waals surface area contributed by atoms with E-state index < -0.39 is 29.2 Å². The van der Waals surface area contributed by atoms with Crippen LogP contribution in [0.25, 0.3) is 22.3 Å². The number of hydrogen-bond donors (Lipinski definition) is 2. The summed E-state index contributed by atoms with van der Waals surface area (Å²) < 4.78 is 55.0. The molecule has 10 nitrogen and oxygen atoms in total. The van der Waals surface area contributed by atoms with E-state index in [1.165, 1.54) is 37.2 Å². The van der Waals surface area contributed by atoms with Crippen LogP contribution in [0.4, 0.5) is 29.2 Å². The normalized spacial score (nSPS) is 16.1. The van der Waals surface area contributed by atoms with Crippen molar-refractivity contribution in [3.63, 3.8) is 0 Å². The van der Waals surface area contributed by atoms with E-state index >= 15 is 0 Å². The third-order valence-electron chi connectivity index (χ3n) is 6.81. The molecule has 2 amide bonds. The standard InChI is InChI=1S/C27H26F4N8O2/c1-26(2,28)25(41)38-11-3-4-18(13-38)39-23-20(22(32)34-14-35-23)21(37-39)15-5-7-16(8-6-15)24(40)36-19-12-17(9-10-33-19)27(29,30)31/h5-10,12,14,18H,3-4,11,13H2,1-2H3,(H2,32,34,35)(H,33,36,40). The molecular weight excluding hydrogens is 544 g/mol. The molecule has 1 saturated heterocycles. The molecule has 214 valence electrons. The van der Waals surface area contributed by atoms with Gasteiger partial charge in [0.25, 0.3) is 11.8 Å². The van der Waals surface area contributed by atoms with E-state index in [4.69, 9.17) is 10.8 Å². The number of pyridine rings is 1. The van der Waals surface area contributed by atoms with E-state index in [2.05, 4.69) is 20.3 Å². The Morgan fingerprint density at radius 1 is 1.05 bits per heavy atom. The van der Waals surface area contributed by atoms with Gasteiger partial charge in [-0.1, -0.05) is 12.1 Å². The van der Waals surface area contributed by atoms with Crippen LogP contribution in [0.3, 0.4) is 0 Å². The van der Waals surface area contributed by atoms with Gasteiger partial charge >= 0.3 is 6.18 Å². The molecule has 0 bridgehead atoms. The first-order valence-electron chi connectivity index (χ1n) is 12.7. The van der Waals surface area contributed by atoms with Gasteiger partial charge in [-0.05, 0) is 51.0 Å². The number of nitrogens with zero attached hydrogens (tertiary/aromatic N) is 6. The number of piperidine rings is 1. The van der Waals surface area contributed by atoms with Gasteiger partial charge in [0, 0.05) is 30.4 Å². The topological polar surface area (TPSA) is 132 Å². The van der Waals surface area contributed by atoms with Crippen LogP contribution in [0.5, 0.6) is 0 Å². The molecule has 4 aromatic rings. The summed E-state index contributed by atoms with van der Waals surface area (Å²) in [5.74, 6) is -1.30. The lowest BCUT2D eigenvalue weighted by atomic mass is 10.0. The van der Waals surface area contributed by atoms with Crippen molar-refractivity contribution in [3.05, 3.63) is 60.0 Å². The van der Waals surface area contributed by atoms with Crippen LogP contribution in [-0.4, -0.2) is 60.2 Å². The predicted octanol–water partition coefficient (Wildman–Crippen LogP) is 4.65. The van der Waals surface area contributed by atoms with Gasteiger partial charge in [0.1, 0.15) is 23.7 Å². The molecule has 0 saturated carbocycles. The average molecular weight is 571 g/mol. The third kappa shape index (κ3) is 5.67. The first kappa shape index (κ1) is 27.9. The lowest BCUT2D eigenvalue weighted by Gasteiger charge is -2.35. The van der Waals surface area contributed by atoms with E-state index in [0.29, 0.717) is 41.7 Å². The van der Waals surface area contributed by atoms with Crippen LogP contribution < -0.4 is 11.1 Å². The van der Waals surface area contributed by atoms with Gasteiger partial charge in [-0.15, -0.1) is 0 Å². The van der Waals surface area contributed by atoms with Gasteiger partial charge in [0.15, 0.2) is 11.3 Å². The van der Waals surface area contributed by atoms with Gasteiger partial charge < -0.3 is 16.0 Å². The Morgan fingerprint density at radius 3 is 2.46 bits per heavy atom. The molecule has 1 aliphatic heterocycles. The summed E-state index contributed by atoms with van der Waals surface area (Å²) in [6.07, 6.45) is -0.967. The summed E-state index contributed by atoms with van der Waals surface area (Å²) in [7, 11) is 0. The molecule has 14 heteroatoms. The molecule has 3 aromatic heterocycles. The van der Waals surface area contributed by atoms with Gasteiger partial charge in [-0.25, -0.2) is 24.0 Å². The molecule has 1 unspecified atom stereocenters. The zero-order valence-corrected chi connectivity index (χ0v) is 22.1. The fourth-order valence-electron chi connectivity index (χ4n) is 4.81. The summed E-state index contributed by atoms with van der Waals surface area (Å²) in [4.78, 5) is 39.0. The number of aromatic nitrogens is 5. The maximum atomic E-state index is 14.4. The zero-order valence-electron chi connectivity index (χ0n) is 22.1. The molecule has 1 aliphatic rings. The van der Waals surface area contributed by atoms with Gasteiger partial charge in [-0.2, -0.15) is 18.3 Å². The molecule has 1 fully saturated rings. The van der Waals surface area contributed by atoms with Crippen molar-refractivity contribution in [2.24, 2.45) is 0 Å². The van der Waals surface area contributed by atoms with Crippen molar-refractivity contribution in [1.29, 1.82) is 0 Å². The Bertz CT molecular complexity index is 1610.